The Hall–Kier alpha value is -2.35. The van der Waals surface area contributed by atoms with E-state index in [0.717, 1.165) is 4.90 Å². The number of anilines is 1. The van der Waals surface area contributed by atoms with Crippen LogP contribution in [0, 0.1) is 0 Å². The van der Waals surface area contributed by atoms with Gasteiger partial charge >= 0.3 is 6.03 Å². The average molecular weight is 484 g/mol. The minimum absolute atomic E-state index is 0.207. The van der Waals surface area contributed by atoms with Crippen LogP contribution in [0.5, 0.6) is 5.75 Å². The van der Waals surface area contributed by atoms with E-state index in [1.165, 1.54) is 18.2 Å². The van der Waals surface area contributed by atoms with Crippen molar-refractivity contribution in [2.75, 3.05) is 11.5 Å². The standard InChI is InChI=1S/C19H13BrCl2N2O4/c1-2-28-16-14(20)8-10(9-15(16)22)7-13-17(25)23-19(27)24(18(13)26)12-5-3-11(21)4-6-12/h3-9H,2H2,1H3,(H,23,25,27)/b13-7+. The van der Waals surface area contributed by atoms with Crippen molar-refractivity contribution in [2.24, 2.45) is 0 Å². The molecule has 9 heteroatoms. The van der Waals surface area contributed by atoms with E-state index in [1.54, 1.807) is 24.3 Å². The smallest absolute Gasteiger partial charge is 0.335 e. The molecular formula is C19H13BrCl2N2O4. The normalized spacial score (nSPS) is 15.8. The van der Waals surface area contributed by atoms with Gasteiger partial charge in [0.25, 0.3) is 11.8 Å². The molecule has 1 aliphatic rings. The number of barbiturate groups is 1. The molecule has 2 aromatic rings. The molecule has 0 radical (unpaired) electrons. The quantitative estimate of drug-likeness (QED) is 0.499. The van der Waals surface area contributed by atoms with Gasteiger partial charge in [0.05, 0.1) is 21.8 Å². The van der Waals surface area contributed by atoms with E-state index in [0.29, 0.717) is 32.4 Å². The predicted molar refractivity (Wildman–Crippen MR) is 111 cm³/mol. The van der Waals surface area contributed by atoms with Crippen molar-refractivity contribution >= 4 is 68.7 Å². The second-order valence-electron chi connectivity index (χ2n) is 5.68. The highest BCUT2D eigenvalue weighted by atomic mass is 79.9. The molecule has 28 heavy (non-hydrogen) atoms. The Bertz CT molecular complexity index is 982. The van der Waals surface area contributed by atoms with E-state index in [1.807, 2.05) is 6.92 Å². The number of hydrogen-bond donors (Lipinski definition) is 1. The molecule has 1 heterocycles. The van der Waals surface area contributed by atoms with Gasteiger partial charge in [0.1, 0.15) is 5.57 Å². The lowest BCUT2D eigenvalue weighted by Gasteiger charge is -2.26. The molecule has 4 amide bonds. The van der Waals surface area contributed by atoms with Gasteiger partial charge in [-0.15, -0.1) is 0 Å². The maximum absolute atomic E-state index is 12.8. The van der Waals surface area contributed by atoms with Gasteiger partial charge in [0, 0.05) is 5.02 Å². The fourth-order valence-corrected chi connectivity index (χ4v) is 3.71. The molecule has 0 saturated carbocycles. The van der Waals surface area contributed by atoms with E-state index in [9.17, 15) is 14.4 Å². The highest BCUT2D eigenvalue weighted by Crippen LogP contribution is 2.35. The Morgan fingerprint density at radius 2 is 1.82 bits per heavy atom. The van der Waals surface area contributed by atoms with Crippen molar-refractivity contribution in [1.29, 1.82) is 0 Å². The summed E-state index contributed by atoms with van der Waals surface area (Å²) in [4.78, 5) is 38.2. The summed E-state index contributed by atoms with van der Waals surface area (Å²) in [6.07, 6.45) is 1.36. The van der Waals surface area contributed by atoms with E-state index in [-0.39, 0.29) is 11.3 Å². The van der Waals surface area contributed by atoms with Gasteiger partial charge in [-0.2, -0.15) is 0 Å². The maximum atomic E-state index is 12.8. The van der Waals surface area contributed by atoms with Crippen molar-refractivity contribution in [3.8, 4) is 5.75 Å². The van der Waals surface area contributed by atoms with Crippen LogP contribution in [0.2, 0.25) is 10.0 Å². The molecule has 0 bridgehead atoms. The molecule has 0 atom stereocenters. The van der Waals surface area contributed by atoms with Crippen molar-refractivity contribution in [3.63, 3.8) is 0 Å². The minimum Gasteiger partial charge on any atom is -0.491 e. The molecule has 1 fully saturated rings. The third kappa shape index (κ3) is 4.06. The Morgan fingerprint density at radius 3 is 2.43 bits per heavy atom. The van der Waals surface area contributed by atoms with E-state index >= 15 is 0 Å². The van der Waals surface area contributed by atoms with Gasteiger partial charge in [-0.25, -0.2) is 9.69 Å². The number of ether oxygens (including phenoxy) is 1. The Balaban J connectivity index is 2.00. The van der Waals surface area contributed by atoms with Crippen molar-refractivity contribution in [1.82, 2.24) is 5.32 Å². The molecule has 144 valence electrons. The lowest BCUT2D eigenvalue weighted by atomic mass is 10.1. The summed E-state index contributed by atoms with van der Waals surface area (Å²) in [7, 11) is 0. The zero-order valence-corrected chi connectivity index (χ0v) is 17.6. The molecule has 0 unspecified atom stereocenters. The van der Waals surface area contributed by atoms with Crippen LogP contribution in [0.15, 0.2) is 46.4 Å². The van der Waals surface area contributed by atoms with E-state index < -0.39 is 17.8 Å². The molecule has 0 aliphatic carbocycles. The lowest BCUT2D eigenvalue weighted by Crippen LogP contribution is -2.54. The van der Waals surface area contributed by atoms with Gasteiger partial charge in [-0.05, 0) is 70.9 Å². The molecule has 0 aromatic heterocycles. The Kier molecular flexibility index (Phi) is 6.07. The van der Waals surface area contributed by atoms with Crippen LogP contribution in [0.25, 0.3) is 6.08 Å². The SMILES string of the molecule is CCOc1c(Cl)cc(/C=C2\C(=O)NC(=O)N(c3ccc(Cl)cc3)C2=O)cc1Br. The Morgan fingerprint density at radius 1 is 1.14 bits per heavy atom. The first-order valence-electron chi connectivity index (χ1n) is 8.10. The van der Waals surface area contributed by atoms with Crippen LogP contribution in [0.1, 0.15) is 12.5 Å². The van der Waals surface area contributed by atoms with Crippen LogP contribution in [0.3, 0.4) is 0 Å². The average Bonchev–Trinajstić information content (AvgIpc) is 2.63. The number of carbonyl (C=O) groups is 3. The number of hydrogen-bond acceptors (Lipinski definition) is 4. The molecule has 1 N–H and O–H groups in total. The van der Waals surface area contributed by atoms with Crippen molar-refractivity contribution in [2.45, 2.75) is 6.92 Å². The molecule has 2 aromatic carbocycles. The lowest BCUT2D eigenvalue weighted by molar-refractivity contribution is -0.122. The number of carbonyl (C=O) groups excluding carboxylic acids is 3. The highest BCUT2D eigenvalue weighted by molar-refractivity contribution is 9.10. The number of urea groups is 1. The van der Waals surface area contributed by atoms with Crippen LogP contribution < -0.4 is 15.0 Å². The van der Waals surface area contributed by atoms with Gasteiger partial charge in [-0.1, -0.05) is 23.2 Å². The van der Waals surface area contributed by atoms with Gasteiger partial charge < -0.3 is 4.74 Å². The van der Waals surface area contributed by atoms with Crippen LogP contribution in [0.4, 0.5) is 10.5 Å². The predicted octanol–water partition coefficient (Wildman–Crippen LogP) is 4.82. The molecule has 1 aliphatic heterocycles. The van der Waals surface area contributed by atoms with Crippen LogP contribution >= 0.6 is 39.1 Å². The minimum atomic E-state index is -0.833. The summed E-state index contributed by atoms with van der Waals surface area (Å²) >= 11 is 15.4. The second kappa shape index (κ2) is 8.34. The van der Waals surface area contributed by atoms with Gasteiger partial charge in [-0.3, -0.25) is 14.9 Å². The van der Waals surface area contributed by atoms with Crippen LogP contribution in [-0.4, -0.2) is 24.5 Å². The summed E-state index contributed by atoms with van der Waals surface area (Å²) in [5.41, 5.74) is 0.571. The van der Waals surface area contributed by atoms with Gasteiger partial charge in [0.2, 0.25) is 0 Å². The number of nitrogens with one attached hydrogen (secondary N) is 1. The van der Waals surface area contributed by atoms with Crippen molar-refractivity contribution < 1.29 is 19.1 Å². The third-order valence-corrected chi connectivity index (χ3v) is 4.93. The first-order chi connectivity index (χ1) is 13.3. The monoisotopic (exact) mass is 482 g/mol. The topological polar surface area (TPSA) is 75.7 Å². The third-order valence-electron chi connectivity index (χ3n) is 3.81. The summed E-state index contributed by atoms with van der Waals surface area (Å²) in [6, 6.07) is 8.50. The number of benzene rings is 2. The molecule has 6 nitrogen and oxygen atoms in total. The van der Waals surface area contributed by atoms with E-state index in [4.69, 9.17) is 27.9 Å². The molecule has 1 saturated heterocycles. The second-order valence-corrected chi connectivity index (χ2v) is 7.38. The number of rotatable bonds is 4. The van der Waals surface area contributed by atoms with Crippen LogP contribution in [-0.2, 0) is 9.59 Å². The fourth-order valence-electron chi connectivity index (χ4n) is 2.59. The largest absolute Gasteiger partial charge is 0.491 e. The summed E-state index contributed by atoms with van der Waals surface area (Å²) in [5, 5.41) is 2.93. The number of halogens is 3. The highest BCUT2D eigenvalue weighted by Gasteiger charge is 2.36. The van der Waals surface area contributed by atoms with Gasteiger partial charge in [0.15, 0.2) is 5.75 Å². The molecule has 0 spiro atoms. The number of nitrogens with zero attached hydrogens (tertiary/aromatic N) is 1. The first-order valence-corrected chi connectivity index (χ1v) is 9.65. The zero-order chi connectivity index (χ0) is 20.4. The van der Waals surface area contributed by atoms with Crippen molar-refractivity contribution in [3.05, 3.63) is 62.1 Å². The Labute approximate surface area is 179 Å². The first kappa shape index (κ1) is 20.4. The molecule has 3 rings (SSSR count). The summed E-state index contributed by atoms with van der Waals surface area (Å²) < 4.78 is 6.02. The summed E-state index contributed by atoms with van der Waals surface area (Å²) in [6.45, 7) is 2.25. The number of imide groups is 2. The fraction of sp³-hybridized carbons (Fsp3) is 0.105. The summed E-state index contributed by atoms with van der Waals surface area (Å²) in [5.74, 6) is -1.08. The molecular weight excluding hydrogens is 471 g/mol. The number of amides is 4. The zero-order valence-electron chi connectivity index (χ0n) is 14.5. The maximum Gasteiger partial charge on any atom is 0.335 e. The van der Waals surface area contributed by atoms with E-state index in [2.05, 4.69) is 21.2 Å².